The lowest BCUT2D eigenvalue weighted by Gasteiger charge is -2.35. The molecule has 0 heterocycles. The van der Waals surface area contributed by atoms with Crippen molar-refractivity contribution < 1.29 is 24.2 Å². The van der Waals surface area contributed by atoms with Gasteiger partial charge in [0.2, 0.25) is 5.91 Å². The lowest BCUT2D eigenvalue weighted by atomic mass is 9.95. The zero-order valence-electron chi connectivity index (χ0n) is 23.8. The largest absolute Gasteiger partial charge is 0.508 e. The van der Waals surface area contributed by atoms with Crippen molar-refractivity contribution in [2.45, 2.75) is 72.6 Å². The van der Waals surface area contributed by atoms with E-state index in [1.165, 1.54) is 17.0 Å². The number of carbonyl (C=O) groups is 3. The van der Waals surface area contributed by atoms with Gasteiger partial charge in [0.25, 0.3) is 5.91 Å². The topological polar surface area (TPSA) is 108 Å². The van der Waals surface area contributed by atoms with Crippen LogP contribution in [0.2, 0.25) is 5.02 Å². The number of nitrogens with one attached hydrogen (secondary N) is 2. The molecule has 3 amide bonds. The molecule has 39 heavy (non-hydrogen) atoms. The van der Waals surface area contributed by atoms with E-state index >= 15 is 0 Å². The van der Waals surface area contributed by atoms with Crippen molar-refractivity contribution >= 4 is 35.2 Å². The van der Waals surface area contributed by atoms with Crippen LogP contribution in [-0.4, -0.2) is 46.1 Å². The number of aryl methyl sites for hydroxylation is 2. The minimum Gasteiger partial charge on any atom is -0.508 e. The Bertz CT molecular complexity index is 1190. The van der Waals surface area contributed by atoms with Gasteiger partial charge >= 0.3 is 6.09 Å². The van der Waals surface area contributed by atoms with Crippen LogP contribution < -0.4 is 10.6 Å². The minimum absolute atomic E-state index is 0.0152. The molecule has 9 heteroatoms. The summed E-state index contributed by atoms with van der Waals surface area (Å²) in [6, 6.07) is 7.89. The van der Waals surface area contributed by atoms with Gasteiger partial charge in [-0.3, -0.25) is 9.59 Å². The van der Waals surface area contributed by atoms with Gasteiger partial charge in [0, 0.05) is 6.54 Å². The molecule has 0 aliphatic carbocycles. The molecule has 212 valence electrons. The number of hydrogen-bond acceptors (Lipinski definition) is 5. The Morgan fingerprint density at radius 3 is 2.36 bits per heavy atom. The lowest BCUT2D eigenvalue weighted by Crippen LogP contribution is -2.54. The van der Waals surface area contributed by atoms with E-state index in [-0.39, 0.29) is 18.2 Å². The van der Waals surface area contributed by atoms with Gasteiger partial charge in [0.15, 0.2) is 0 Å². The second-order valence-electron chi connectivity index (χ2n) is 10.7. The standard InChI is InChI=1S/C30H40ClN3O5/c1-9-16-34(28(37)25(18(3)10-2)33-29(38)39-30(6,7)8)26(21-14-15-23(35)20(5)17-21)27(36)32-24-19(4)12-11-13-22(24)31/h9,11-15,17-18,25-26,35H,1,10,16H2,2-8H3,(H,32,36)(H,33,38). The van der Waals surface area contributed by atoms with Crippen molar-refractivity contribution in [2.24, 2.45) is 5.92 Å². The first kappa shape index (κ1) is 31.7. The summed E-state index contributed by atoms with van der Waals surface area (Å²) in [7, 11) is 0. The van der Waals surface area contributed by atoms with E-state index in [1.807, 2.05) is 26.8 Å². The molecule has 3 unspecified atom stereocenters. The van der Waals surface area contributed by atoms with Crippen LogP contribution in [0.5, 0.6) is 5.75 Å². The van der Waals surface area contributed by atoms with E-state index < -0.39 is 35.6 Å². The first-order valence-corrected chi connectivity index (χ1v) is 13.3. The number of halogens is 1. The van der Waals surface area contributed by atoms with Gasteiger partial charge in [-0.25, -0.2) is 4.79 Å². The maximum atomic E-state index is 14.1. The first-order chi connectivity index (χ1) is 18.2. The van der Waals surface area contributed by atoms with E-state index in [9.17, 15) is 19.5 Å². The van der Waals surface area contributed by atoms with Crippen molar-refractivity contribution in [3.8, 4) is 5.75 Å². The first-order valence-electron chi connectivity index (χ1n) is 13.0. The Hall–Kier alpha value is -3.52. The zero-order valence-corrected chi connectivity index (χ0v) is 24.6. The van der Waals surface area contributed by atoms with Gasteiger partial charge in [-0.05, 0) is 75.4 Å². The third kappa shape index (κ3) is 8.48. The van der Waals surface area contributed by atoms with Crippen LogP contribution in [0.25, 0.3) is 0 Å². The number of phenolic OH excluding ortho intramolecular Hbond substituents is 1. The predicted octanol–water partition coefficient (Wildman–Crippen LogP) is 6.30. The third-order valence-electron chi connectivity index (χ3n) is 6.33. The molecule has 8 nitrogen and oxygen atoms in total. The second kappa shape index (κ2) is 13.5. The predicted molar refractivity (Wildman–Crippen MR) is 155 cm³/mol. The van der Waals surface area contributed by atoms with Crippen molar-refractivity contribution in [2.75, 3.05) is 11.9 Å². The molecule has 2 rings (SSSR count). The molecule has 2 aromatic rings. The highest BCUT2D eigenvalue weighted by Crippen LogP contribution is 2.31. The molecule has 0 radical (unpaired) electrons. The summed E-state index contributed by atoms with van der Waals surface area (Å²) in [4.78, 5) is 42.1. The normalized spacial score (nSPS) is 13.5. The summed E-state index contributed by atoms with van der Waals surface area (Å²) in [6.07, 6.45) is 1.38. The number of hydrogen-bond donors (Lipinski definition) is 3. The molecule has 0 bridgehead atoms. The number of para-hydroxylation sites is 1. The summed E-state index contributed by atoms with van der Waals surface area (Å²) in [5.74, 6) is -1.19. The van der Waals surface area contributed by atoms with E-state index in [0.29, 0.717) is 28.3 Å². The number of anilines is 1. The fourth-order valence-electron chi connectivity index (χ4n) is 4.06. The summed E-state index contributed by atoms with van der Waals surface area (Å²) in [6.45, 7) is 16.3. The van der Waals surface area contributed by atoms with Crippen molar-refractivity contribution in [1.29, 1.82) is 0 Å². The molecule has 2 aromatic carbocycles. The van der Waals surface area contributed by atoms with Crippen molar-refractivity contribution in [1.82, 2.24) is 10.2 Å². The fraction of sp³-hybridized carbons (Fsp3) is 0.433. The number of aromatic hydroxyl groups is 1. The molecule has 0 aliphatic heterocycles. The number of amides is 3. The Morgan fingerprint density at radius 1 is 1.15 bits per heavy atom. The maximum Gasteiger partial charge on any atom is 0.408 e. The highest BCUT2D eigenvalue weighted by molar-refractivity contribution is 6.34. The smallest absolute Gasteiger partial charge is 0.408 e. The summed E-state index contributed by atoms with van der Waals surface area (Å²) >= 11 is 6.39. The number of nitrogens with zero attached hydrogens (tertiary/aromatic N) is 1. The fourth-order valence-corrected chi connectivity index (χ4v) is 4.33. The molecule has 3 N–H and O–H groups in total. The van der Waals surface area contributed by atoms with Crippen LogP contribution in [0, 0.1) is 19.8 Å². The molecule has 0 spiro atoms. The molecule has 0 saturated carbocycles. The van der Waals surface area contributed by atoms with Crippen molar-refractivity contribution in [3.05, 3.63) is 70.8 Å². The Labute approximate surface area is 236 Å². The quantitative estimate of drug-likeness (QED) is 0.297. The van der Waals surface area contributed by atoms with Gasteiger partial charge in [-0.15, -0.1) is 6.58 Å². The molecule has 0 saturated heterocycles. The Kier molecular flexibility index (Phi) is 11.0. The summed E-state index contributed by atoms with van der Waals surface area (Å²) in [5.41, 5.74) is 1.44. The average molecular weight is 558 g/mol. The van der Waals surface area contributed by atoms with Gasteiger partial charge < -0.3 is 25.4 Å². The summed E-state index contributed by atoms with van der Waals surface area (Å²) < 4.78 is 5.42. The molecule has 0 aromatic heterocycles. The van der Waals surface area contributed by atoms with E-state index in [2.05, 4.69) is 17.2 Å². The van der Waals surface area contributed by atoms with E-state index in [0.717, 1.165) is 5.56 Å². The SMILES string of the molecule is C=CCN(C(=O)C(NC(=O)OC(C)(C)C)C(C)CC)C(C(=O)Nc1c(C)cccc1Cl)c1ccc(O)c(C)c1. The number of phenols is 1. The minimum atomic E-state index is -1.13. The number of alkyl carbamates (subject to hydrolysis) is 1. The molecule has 0 aliphatic rings. The monoisotopic (exact) mass is 557 g/mol. The molecular formula is C30H40ClN3O5. The van der Waals surface area contributed by atoms with Crippen LogP contribution in [0.3, 0.4) is 0 Å². The van der Waals surface area contributed by atoms with Crippen LogP contribution in [-0.2, 0) is 14.3 Å². The third-order valence-corrected chi connectivity index (χ3v) is 6.64. The van der Waals surface area contributed by atoms with Crippen LogP contribution in [0.4, 0.5) is 10.5 Å². The molecular weight excluding hydrogens is 518 g/mol. The average Bonchev–Trinajstić information content (AvgIpc) is 2.84. The van der Waals surface area contributed by atoms with E-state index in [4.69, 9.17) is 16.3 Å². The number of carbonyl (C=O) groups excluding carboxylic acids is 3. The highest BCUT2D eigenvalue weighted by atomic mass is 35.5. The number of ether oxygens (including phenoxy) is 1. The van der Waals surface area contributed by atoms with Crippen LogP contribution in [0.1, 0.15) is 63.8 Å². The molecule has 0 fully saturated rings. The second-order valence-corrected chi connectivity index (χ2v) is 11.1. The lowest BCUT2D eigenvalue weighted by molar-refractivity contribution is -0.141. The Morgan fingerprint density at radius 2 is 1.82 bits per heavy atom. The number of rotatable bonds is 10. The van der Waals surface area contributed by atoms with E-state index in [1.54, 1.807) is 52.0 Å². The van der Waals surface area contributed by atoms with Crippen LogP contribution in [0.15, 0.2) is 49.1 Å². The van der Waals surface area contributed by atoms with Gasteiger partial charge in [-0.2, -0.15) is 0 Å². The maximum absolute atomic E-state index is 14.1. The highest BCUT2D eigenvalue weighted by Gasteiger charge is 2.38. The number of benzene rings is 2. The Balaban J connectivity index is 2.61. The van der Waals surface area contributed by atoms with Gasteiger partial charge in [0.05, 0.1) is 10.7 Å². The van der Waals surface area contributed by atoms with Crippen molar-refractivity contribution in [3.63, 3.8) is 0 Å². The zero-order chi connectivity index (χ0) is 29.5. The van der Waals surface area contributed by atoms with Crippen LogP contribution >= 0.6 is 11.6 Å². The van der Waals surface area contributed by atoms with Gasteiger partial charge in [-0.1, -0.05) is 56.1 Å². The summed E-state index contributed by atoms with van der Waals surface area (Å²) in [5, 5.41) is 16.1. The van der Waals surface area contributed by atoms with Gasteiger partial charge in [0.1, 0.15) is 23.4 Å². The molecule has 3 atom stereocenters.